The summed E-state index contributed by atoms with van der Waals surface area (Å²) >= 11 is 6.23. The summed E-state index contributed by atoms with van der Waals surface area (Å²) in [4.78, 5) is 25.1. The molecule has 1 aliphatic heterocycles. The number of carbonyl (C=O) groups excluding carboxylic acids is 1. The van der Waals surface area contributed by atoms with Gasteiger partial charge in [0.1, 0.15) is 10.4 Å². The van der Waals surface area contributed by atoms with E-state index in [1.165, 1.54) is 6.92 Å². The quantitative estimate of drug-likeness (QED) is 0.574. The lowest BCUT2D eigenvalue weighted by atomic mass is 10.1. The Hall–Kier alpha value is -2.06. The summed E-state index contributed by atoms with van der Waals surface area (Å²) in [5.74, 6) is -0.308. The van der Waals surface area contributed by atoms with Gasteiger partial charge in [-0.15, -0.1) is 0 Å². The average molecular weight is 381 g/mol. The van der Waals surface area contributed by atoms with Gasteiger partial charge in [-0.3, -0.25) is 9.69 Å². The first-order valence-corrected chi connectivity index (χ1v) is 8.92. The summed E-state index contributed by atoms with van der Waals surface area (Å²) in [5, 5.41) is 9.11. The lowest BCUT2D eigenvalue weighted by molar-refractivity contribution is -0.144. The zero-order chi connectivity index (χ0) is 18.6. The standard InChI is InChI=1S/C17H19NO5S2/c1-4-7-23-12-6-5-11(8-13(12)22-3)9-14-15(19)18(17(24)25-14)10(2)16(20)21/h5-6,8-10H,4,7H2,1-3H3,(H,20,21)/b14-9-. The van der Waals surface area contributed by atoms with Crippen LogP contribution in [0.25, 0.3) is 6.08 Å². The Bertz CT molecular complexity index is 732. The van der Waals surface area contributed by atoms with Crippen molar-refractivity contribution in [2.24, 2.45) is 0 Å². The van der Waals surface area contributed by atoms with Crippen molar-refractivity contribution < 1.29 is 24.2 Å². The molecule has 134 valence electrons. The Balaban J connectivity index is 2.27. The van der Waals surface area contributed by atoms with Crippen molar-refractivity contribution in [2.75, 3.05) is 13.7 Å². The number of hydrogen-bond acceptors (Lipinski definition) is 6. The van der Waals surface area contributed by atoms with Crippen molar-refractivity contribution in [3.63, 3.8) is 0 Å². The molecule has 0 bridgehead atoms. The number of rotatable bonds is 7. The minimum absolute atomic E-state index is 0.237. The van der Waals surface area contributed by atoms with Crippen LogP contribution in [0.2, 0.25) is 0 Å². The number of aliphatic carboxylic acids is 1. The molecule has 25 heavy (non-hydrogen) atoms. The molecule has 1 aromatic rings. The summed E-state index contributed by atoms with van der Waals surface area (Å²) < 4.78 is 11.2. The van der Waals surface area contributed by atoms with Crippen molar-refractivity contribution in [3.8, 4) is 11.5 Å². The zero-order valence-electron chi connectivity index (χ0n) is 14.1. The lowest BCUT2D eigenvalue weighted by Crippen LogP contribution is -2.41. The second-order valence-electron chi connectivity index (χ2n) is 5.32. The van der Waals surface area contributed by atoms with Crippen molar-refractivity contribution in [1.29, 1.82) is 0 Å². The first-order chi connectivity index (χ1) is 11.9. The fourth-order valence-electron chi connectivity index (χ4n) is 2.18. The molecule has 2 rings (SSSR count). The first-order valence-electron chi connectivity index (χ1n) is 7.69. The number of thiocarbonyl (C=S) groups is 1. The summed E-state index contributed by atoms with van der Waals surface area (Å²) in [6.07, 6.45) is 2.55. The fraction of sp³-hybridized carbons (Fsp3) is 0.353. The van der Waals surface area contributed by atoms with Gasteiger partial charge in [0.25, 0.3) is 5.91 Å². The normalized spacial score (nSPS) is 17.1. The van der Waals surface area contributed by atoms with Gasteiger partial charge < -0.3 is 14.6 Å². The van der Waals surface area contributed by atoms with Crippen LogP contribution in [0.1, 0.15) is 25.8 Å². The number of thioether (sulfide) groups is 1. The van der Waals surface area contributed by atoms with Gasteiger partial charge in [-0.1, -0.05) is 37.0 Å². The van der Waals surface area contributed by atoms with Crippen molar-refractivity contribution >= 4 is 46.3 Å². The molecule has 8 heteroatoms. The van der Waals surface area contributed by atoms with Gasteiger partial charge in [-0.25, -0.2) is 4.79 Å². The molecule has 0 spiro atoms. The summed E-state index contributed by atoms with van der Waals surface area (Å²) in [5.41, 5.74) is 0.740. The monoisotopic (exact) mass is 381 g/mol. The van der Waals surface area contributed by atoms with Crippen LogP contribution in [0, 0.1) is 0 Å². The van der Waals surface area contributed by atoms with Crippen molar-refractivity contribution in [1.82, 2.24) is 4.90 Å². The van der Waals surface area contributed by atoms with Crippen LogP contribution in [0.5, 0.6) is 11.5 Å². The van der Waals surface area contributed by atoms with Gasteiger partial charge >= 0.3 is 5.97 Å². The Labute approximate surface area is 155 Å². The van der Waals surface area contributed by atoms with E-state index in [1.54, 1.807) is 31.4 Å². The highest BCUT2D eigenvalue weighted by atomic mass is 32.2. The second kappa shape index (κ2) is 8.35. The van der Waals surface area contributed by atoms with E-state index >= 15 is 0 Å². The molecule has 1 unspecified atom stereocenters. The molecule has 1 aromatic carbocycles. The highest BCUT2D eigenvalue weighted by molar-refractivity contribution is 8.26. The molecule has 1 atom stereocenters. The molecule has 1 N–H and O–H groups in total. The molecule has 0 aliphatic carbocycles. The van der Waals surface area contributed by atoms with Crippen LogP contribution in [0.3, 0.4) is 0 Å². The van der Waals surface area contributed by atoms with E-state index in [0.717, 1.165) is 28.6 Å². The molecule has 1 aliphatic rings. The Morgan fingerprint density at radius 3 is 2.76 bits per heavy atom. The highest BCUT2D eigenvalue weighted by Gasteiger charge is 2.38. The van der Waals surface area contributed by atoms with E-state index in [2.05, 4.69) is 0 Å². The minimum Gasteiger partial charge on any atom is -0.493 e. The number of carboxylic acid groups (broad SMARTS) is 1. The van der Waals surface area contributed by atoms with Crippen LogP contribution in [-0.4, -0.2) is 46.0 Å². The minimum atomic E-state index is -1.10. The molecule has 1 fully saturated rings. The largest absolute Gasteiger partial charge is 0.493 e. The van der Waals surface area contributed by atoms with Crippen molar-refractivity contribution in [3.05, 3.63) is 28.7 Å². The molecule has 6 nitrogen and oxygen atoms in total. The van der Waals surface area contributed by atoms with E-state index in [-0.39, 0.29) is 4.32 Å². The molecule has 0 saturated carbocycles. The van der Waals surface area contributed by atoms with Crippen LogP contribution in [0.15, 0.2) is 23.1 Å². The number of carbonyl (C=O) groups is 2. The third-order valence-electron chi connectivity index (χ3n) is 3.52. The number of hydrogen-bond donors (Lipinski definition) is 1. The number of ether oxygens (including phenoxy) is 2. The van der Waals surface area contributed by atoms with E-state index in [9.17, 15) is 9.59 Å². The molecule has 1 amide bonds. The average Bonchev–Trinajstić information content (AvgIpc) is 2.86. The van der Waals surface area contributed by atoms with E-state index in [1.807, 2.05) is 6.92 Å². The number of amides is 1. The lowest BCUT2D eigenvalue weighted by Gasteiger charge is -2.18. The maximum absolute atomic E-state index is 12.5. The van der Waals surface area contributed by atoms with Gasteiger partial charge in [0.2, 0.25) is 0 Å². The maximum atomic E-state index is 12.5. The maximum Gasteiger partial charge on any atom is 0.326 e. The van der Waals surface area contributed by atoms with E-state index in [4.69, 9.17) is 26.8 Å². The molecule has 0 radical (unpaired) electrons. The smallest absolute Gasteiger partial charge is 0.326 e. The topological polar surface area (TPSA) is 76.1 Å². The first kappa shape index (κ1) is 19.3. The van der Waals surface area contributed by atoms with Crippen LogP contribution >= 0.6 is 24.0 Å². The SMILES string of the molecule is CCCOc1ccc(/C=C2\SC(=S)N(C(C)C(=O)O)C2=O)cc1OC. The van der Waals surface area contributed by atoms with Crippen LogP contribution in [-0.2, 0) is 9.59 Å². The Morgan fingerprint density at radius 2 is 2.16 bits per heavy atom. The zero-order valence-corrected chi connectivity index (χ0v) is 15.8. The summed E-state index contributed by atoms with van der Waals surface area (Å²) in [6.45, 7) is 4.03. The second-order valence-corrected chi connectivity index (χ2v) is 7.00. The van der Waals surface area contributed by atoms with Gasteiger partial charge in [-0.05, 0) is 37.1 Å². The summed E-state index contributed by atoms with van der Waals surface area (Å²) in [6, 6.07) is 4.34. The van der Waals surface area contributed by atoms with Gasteiger partial charge in [-0.2, -0.15) is 0 Å². The highest BCUT2D eigenvalue weighted by Crippen LogP contribution is 2.35. The molecule has 0 aromatic heterocycles. The van der Waals surface area contributed by atoms with Gasteiger partial charge in [0, 0.05) is 0 Å². The summed E-state index contributed by atoms with van der Waals surface area (Å²) in [7, 11) is 1.55. The number of carboxylic acids is 1. The number of benzene rings is 1. The number of methoxy groups -OCH3 is 1. The molecular weight excluding hydrogens is 362 g/mol. The third-order valence-corrected chi connectivity index (χ3v) is 4.85. The number of nitrogens with zero attached hydrogens (tertiary/aromatic N) is 1. The predicted octanol–water partition coefficient (Wildman–Crippen LogP) is 3.16. The Morgan fingerprint density at radius 1 is 1.44 bits per heavy atom. The van der Waals surface area contributed by atoms with Gasteiger partial charge in [0.05, 0.1) is 18.6 Å². The van der Waals surface area contributed by atoms with E-state index in [0.29, 0.717) is 23.0 Å². The molecule has 1 saturated heterocycles. The van der Waals surface area contributed by atoms with Gasteiger partial charge in [0.15, 0.2) is 11.5 Å². The van der Waals surface area contributed by atoms with E-state index < -0.39 is 17.9 Å². The van der Waals surface area contributed by atoms with Crippen LogP contribution in [0.4, 0.5) is 0 Å². The Kier molecular flexibility index (Phi) is 6.44. The molecule has 1 heterocycles. The fourth-order valence-corrected chi connectivity index (χ4v) is 3.60. The van der Waals surface area contributed by atoms with Crippen molar-refractivity contribution in [2.45, 2.75) is 26.3 Å². The van der Waals surface area contributed by atoms with Crippen LogP contribution < -0.4 is 9.47 Å². The molecular formula is C17H19NO5S2. The third kappa shape index (κ3) is 4.32. The predicted molar refractivity (Wildman–Crippen MR) is 101 cm³/mol.